The summed E-state index contributed by atoms with van der Waals surface area (Å²) in [6.07, 6.45) is 0.905. The van der Waals surface area contributed by atoms with Gasteiger partial charge in [0.15, 0.2) is 11.2 Å². The van der Waals surface area contributed by atoms with Crippen LogP contribution in [0.5, 0.6) is 5.75 Å². The molecule has 0 aliphatic heterocycles. The van der Waals surface area contributed by atoms with E-state index in [0.717, 1.165) is 28.6 Å². The van der Waals surface area contributed by atoms with Gasteiger partial charge in [-0.15, -0.1) is 0 Å². The number of hydrogen-bond donors (Lipinski definition) is 0. The fraction of sp³-hybridized carbons (Fsp3) is 0.238. The summed E-state index contributed by atoms with van der Waals surface area (Å²) < 4.78 is 11.5. The van der Waals surface area contributed by atoms with Crippen LogP contribution in [0.4, 0.5) is 0 Å². The fourth-order valence-electron chi connectivity index (χ4n) is 2.90. The monoisotopic (exact) mass is 414 g/mol. The van der Waals surface area contributed by atoms with E-state index in [0.29, 0.717) is 23.1 Å². The lowest BCUT2D eigenvalue weighted by Gasteiger charge is -2.13. The Labute approximate surface area is 159 Å². The quantitative estimate of drug-likeness (QED) is 0.330. The van der Waals surface area contributed by atoms with Crippen molar-refractivity contribution in [2.45, 2.75) is 20.3 Å². The van der Waals surface area contributed by atoms with E-state index < -0.39 is 0 Å². The second-order valence-electron chi connectivity index (χ2n) is 6.13. The highest BCUT2D eigenvalue weighted by molar-refractivity contribution is 9.09. The van der Waals surface area contributed by atoms with Gasteiger partial charge in [-0.1, -0.05) is 28.1 Å². The lowest BCUT2D eigenvalue weighted by Crippen LogP contribution is -2.09. The minimum atomic E-state index is -0.314. The van der Waals surface area contributed by atoms with Crippen LogP contribution in [0.15, 0.2) is 51.7 Å². The largest absolute Gasteiger partial charge is 0.493 e. The molecule has 0 aliphatic rings. The van der Waals surface area contributed by atoms with Gasteiger partial charge < -0.3 is 9.15 Å². The van der Waals surface area contributed by atoms with E-state index in [1.54, 1.807) is 36.4 Å². The molecule has 134 valence electrons. The summed E-state index contributed by atoms with van der Waals surface area (Å²) in [7, 11) is 0. The third kappa shape index (κ3) is 3.73. The molecule has 0 saturated carbocycles. The number of halogens is 1. The molecule has 3 aromatic rings. The molecule has 2 aromatic carbocycles. The first-order chi connectivity index (χ1) is 12.5. The second kappa shape index (κ2) is 7.87. The van der Waals surface area contributed by atoms with Crippen molar-refractivity contribution in [1.29, 1.82) is 0 Å². The number of hydrogen-bond acceptors (Lipinski definition) is 4. The number of ether oxygens (including phenoxy) is 1. The van der Waals surface area contributed by atoms with Gasteiger partial charge in [-0.05, 0) is 55.7 Å². The van der Waals surface area contributed by atoms with Crippen molar-refractivity contribution in [2.75, 3.05) is 11.9 Å². The summed E-state index contributed by atoms with van der Waals surface area (Å²) >= 11 is 3.38. The number of benzene rings is 2. The van der Waals surface area contributed by atoms with Gasteiger partial charge in [0.2, 0.25) is 5.78 Å². The molecule has 5 heteroatoms. The number of para-hydroxylation sites is 1. The van der Waals surface area contributed by atoms with E-state index in [1.165, 1.54) is 6.07 Å². The molecule has 1 heterocycles. The van der Waals surface area contributed by atoms with Gasteiger partial charge in [-0.3, -0.25) is 9.59 Å². The van der Waals surface area contributed by atoms with Crippen LogP contribution in [0.1, 0.15) is 33.7 Å². The minimum absolute atomic E-state index is 0.0421. The smallest absolute Gasteiger partial charge is 0.228 e. The van der Waals surface area contributed by atoms with Crippen molar-refractivity contribution >= 4 is 32.7 Å². The zero-order chi connectivity index (χ0) is 18.7. The number of carbonyl (C=O) groups excluding carboxylic acids is 1. The van der Waals surface area contributed by atoms with Crippen LogP contribution < -0.4 is 10.2 Å². The molecule has 0 radical (unpaired) electrons. The zero-order valence-corrected chi connectivity index (χ0v) is 16.3. The maximum Gasteiger partial charge on any atom is 0.228 e. The van der Waals surface area contributed by atoms with Gasteiger partial charge in [0.25, 0.3) is 0 Å². The number of alkyl halides is 1. The molecule has 0 amide bonds. The Bertz CT molecular complexity index is 997. The fourth-order valence-corrected chi connectivity index (χ4v) is 3.12. The summed E-state index contributed by atoms with van der Waals surface area (Å²) in [5, 5.41) is 1.34. The van der Waals surface area contributed by atoms with Gasteiger partial charge >= 0.3 is 0 Å². The molecule has 1 aromatic heterocycles. The number of ketones is 1. The topological polar surface area (TPSA) is 56.5 Å². The summed E-state index contributed by atoms with van der Waals surface area (Å²) in [4.78, 5) is 25.1. The first kappa shape index (κ1) is 18.4. The molecule has 0 fully saturated rings. The Balaban J connectivity index is 1.96. The normalized spacial score (nSPS) is 10.9. The van der Waals surface area contributed by atoms with E-state index >= 15 is 0 Å². The molecule has 0 aliphatic carbocycles. The van der Waals surface area contributed by atoms with Crippen molar-refractivity contribution in [2.24, 2.45) is 0 Å². The molecular formula is C21H19BrO4. The Morgan fingerprint density at radius 1 is 1.12 bits per heavy atom. The first-order valence-corrected chi connectivity index (χ1v) is 9.51. The standard InChI is InChI=1S/C21H19BrO4/c1-13-10-15(11-14(2)21(13)25-9-5-8-22)20(24)19-12-17(23)16-6-3-4-7-18(16)26-19/h3-4,6-7,10-12H,5,8-9H2,1-2H3. The molecule has 0 spiro atoms. The van der Waals surface area contributed by atoms with Crippen molar-refractivity contribution < 1.29 is 13.9 Å². The number of rotatable bonds is 6. The predicted octanol–water partition coefficient (Wildman–Crippen LogP) is 4.80. The maximum atomic E-state index is 12.8. The molecule has 0 N–H and O–H groups in total. The van der Waals surface area contributed by atoms with Crippen molar-refractivity contribution in [3.8, 4) is 5.75 Å². The molecule has 4 nitrogen and oxygen atoms in total. The molecule has 0 atom stereocenters. The minimum Gasteiger partial charge on any atom is -0.493 e. The van der Waals surface area contributed by atoms with Crippen LogP contribution in [0.25, 0.3) is 11.0 Å². The third-order valence-electron chi connectivity index (χ3n) is 4.11. The number of fused-ring (bicyclic) bond motifs is 1. The number of aryl methyl sites for hydroxylation is 2. The van der Waals surface area contributed by atoms with E-state index in [1.807, 2.05) is 13.8 Å². The Morgan fingerprint density at radius 3 is 2.50 bits per heavy atom. The lowest BCUT2D eigenvalue weighted by atomic mass is 10.0. The second-order valence-corrected chi connectivity index (χ2v) is 6.92. The van der Waals surface area contributed by atoms with Crippen LogP contribution in [0.3, 0.4) is 0 Å². The van der Waals surface area contributed by atoms with E-state index in [2.05, 4.69) is 15.9 Å². The highest BCUT2D eigenvalue weighted by atomic mass is 79.9. The molecule has 26 heavy (non-hydrogen) atoms. The van der Waals surface area contributed by atoms with Crippen LogP contribution in [0, 0.1) is 13.8 Å². The summed E-state index contributed by atoms with van der Waals surface area (Å²) in [5.41, 5.74) is 2.42. The van der Waals surface area contributed by atoms with Gasteiger partial charge in [0, 0.05) is 17.0 Å². The van der Waals surface area contributed by atoms with Gasteiger partial charge in [-0.2, -0.15) is 0 Å². The van der Waals surface area contributed by atoms with E-state index in [9.17, 15) is 9.59 Å². The van der Waals surface area contributed by atoms with Gasteiger partial charge in [0.1, 0.15) is 11.3 Å². The SMILES string of the molecule is Cc1cc(C(=O)c2cc(=O)c3ccccc3o2)cc(C)c1OCCCBr. The van der Waals surface area contributed by atoms with Gasteiger partial charge in [-0.25, -0.2) is 0 Å². The molecule has 3 rings (SSSR count). The van der Waals surface area contributed by atoms with Crippen molar-refractivity contribution in [3.63, 3.8) is 0 Å². The Morgan fingerprint density at radius 2 is 1.81 bits per heavy atom. The van der Waals surface area contributed by atoms with E-state index in [-0.39, 0.29) is 17.0 Å². The first-order valence-electron chi connectivity index (χ1n) is 8.39. The average Bonchev–Trinajstić information content (AvgIpc) is 2.63. The van der Waals surface area contributed by atoms with Gasteiger partial charge in [0.05, 0.1) is 12.0 Å². The Kier molecular flexibility index (Phi) is 5.57. The third-order valence-corrected chi connectivity index (χ3v) is 4.67. The average molecular weight is 415 g/mol. The highest BCUT2D eigenvalue weighted by Gasteiger charge is 2.17. The van der Waals surface area contributed by atoms with Crippen LogP contribution in [-0.4, -0.2) is 17.7 Å². The summed E-state index contributed by atoms with van der Waals surface area (Å²) in [6.45, 7) is 4.42. The van der Waals surface area contributed by atoms with E-state index in [4.69, 9.17) is 9.15 Å². The maximum absolute atomic E-state index is 12.8. The summed E-state index contributed by atoms with van der Waals surface area (Å²) in [6, 6.07) is 11.7. The van der Waals surface area contributed by atoms with Crippen LogP contribution in [-0.2, 0) is 0 Å². The summed E-state index contributed by atoms with van der Waals surface area (Å²) in [5.74, 6) is 0.522. The number of carbonyl (C=O) groups is 1. The molecule has 0 bridgehead atoms. The van der Waals surface area contributed by atoms with Crippen molar-refractivity contribution in [3.05, 3.63) is 75.1 Å². The predicted molar refractivity (Wildman–Crippen MR) is 106 cm³/mol. The molecular weight excluding hydrogens is 396 g/mol. The van der Waals surface area contributed by atoms with Crippen molar-refractivity contribution in [1.82, 2.24) is 0 Å². The zero-order valence-electron chi connectivity index (χ0n) is 14.7. The van der Waals surface area contributed by atoms with Crippen LogP contribution in [0.2, 0.25) is 0 Å². The molecule has 0 unspecified atom stereocenters. The van der Waals surface area contributed by atoms with Crippen LogP contribution >= 0.6 is 15.9 Å². The molecule has 0 saturated heterocycles. The lowest BCUT2D eigenvalue weighted by molar-refractivity contribution is 0.101. The highest BCUT2D eigenvalue weighted by Crippen LogP contribution is 2.26. The Hall–Kier alpha value is -2.40.